The van der Waals surface area contributed by atoms with Gasteiger partial charge in [0, 0.05) is 18.1 Å². The van der Waals surface area contributed by atoms with Crippen molar-refractivity contribution in [3.63, 3.8) is 0 Å². The number of sulfonamides is 1. The van der Waals surface area contributed by atoms with E-state index in [0.717, 1.165) is 12.1 Å². The molecule has 1 saturated carbocycles. The molecule has 0 spiro atoms. The summed E-state index contributed by atoms with van der Waals surface area (Å²) in [6.07, 6.45) is 2.43. The molecule has 0 heterocycles. The lowest BCUT2D eigenvalue weighted by atomic mass is 10.1. The van der Waals surface area contributed by atoms with Crippen molar-refractivity contribution in [2.24, 2.45) is 11.8 Å². The summed E-state index contributed by atoms with van der Waals surface area (Å²) in [5.41, 5.74) is 0.906. The van der Waals surface area contributed by atoms with E-state index in [1.165, 1.54) is 18.9 Å². The molecule has 1 aliphatic rings. The Labute approximate surface area is 132 Å². The van der Waals surface area contributed by atoms with Crippen LogP contribution in [0.2, 0.25) is 5.02 Å². The van der Waals surface area contributed by atoms with Gasteiger partial charge in [0.2, 0.25) is 10.0 Å². The predicted octanol–water partition coefficient (Wildman–Crippen LogP) is 2.77. The number of hydrogen-bond acceptors (Lipinski definition) is 3. The minimum absolute atomic E-state index is 0.232. The highest BCUT2D eigenvalue weighted by atomic mass is 35.5. The van der Waals surface area contributed by atoms with Crippen molar-refractivity contribution in [3.8, 4) is 0 Å². The zero-order valence-electron chi connectivity index (χ0n) is 12.5. The third-order valence-electron chi connectivity index (χ3n) is 3.92. The van der Waals surface area contributed by atoms with Gasteiger partial charge < -0.3 is 5.32 Å². The lowest BCUT2D eigenvalue weighted by Gasteiger charge is -2.13. The van der Waals surface area contributed by atoms with Gasteiger partial charge in [-0.15, -0.1) is 0 Å². The van der Waals surface area contributed by atoms with Gasteiger partial charge in [0.15, 0.2) is 0 Å². The van der Waals surface area contributed by atoms with Gasteiger partial charge in [-0.25, -0.2) is 13.1 Å². The van der Waals surface area contributed by atoms with Crippen molar-refractivity contribution in [2.45, 2.75) is 38.1 Å². The normalized spacial score (nSPS) is 16.9. The Morgan fingerprint density at radius 3 is 2.67 bits per heavy atom. The van der Waals surface area contributed by atoms with Gasteiger partial charge >= 0.3 is 0 Å². The maximum atomic E-state index is 12.3. The molecule has 0 radical (unpaired) electrons. The third kappa shape index (κ3) is 4.68. The average molecular weight is 331 g/mol. The zero-order chi connectivity index (χ0) is 15.5. The zero-order valence-corrected chi connectivity index (χ0v) is 14.1. The van der Waals surface area contributed by atoms with E-state index in [-0.39, 0.29) is 4.90 Å². The Balaban J connectivity index is 2.03. The summed E-state index contributed by atoms with van der Waals surface area (Å²) < 4.78 is 27.2. The highest BCUT2D eigenvalue weighted by Gasteiger charge is 2.28. The summed E-state index contributed by atoms with van der Waals surface area (Å²) in [7, 11) is -3.48. The van der Waals surface area contributed by atoms with E-state index in [9.17, 15) is 8.42 Å². The Morgan fingerprint density at radius 2 is 2.10 bits per heavy atom. The molecule has 1 aromatic carbocycles. The molecule has 0 aliphatic heterocycles. The van der Waals surface area contributed by atoms with Crippen LogP contribution in [0.3, 0.4) is 0 Å². The molecule has 1 unspecified atom stereocenters. The van der Waals surface area contributed by atoms with E-state index >= 15 is 0 Å². The molecule has 0 amide bonds. The fourth-order valence-electron chi connectivity index (χ4n) is 2.25. The van der Waals surface area contributed by atoms with E-state index in [0.29, 0.717) is 29.9 Å². The van der Waals surface area contributed by atoms with Crippen LogP contribution in [0.4, 0.5) is 0 Å². The van der Waals surface area contributed by atoms with Crippen LogP contribution in [0.1, 0.15) is 32.3 Å². The Morgan fingerprint density at radius 1 is 1.38 bits per heavy atom. The van der Waals surface area contributed by atoms with E-state index in [1.807, 2.05) is 6.92 Å². The van der Waals surface area contributed by atoms with Crippen LogP contribution < -0.4 is 10.0 Å². The second-order valence-electron chi connectivity index (χ2n) is 5.70. The second-order valence-corrected chi connectivity index (χ2v) is 7.87. The predicted molar refractivity (Wildman–Crippen MR) is 85.9 cm³/mol. The first kappa shape index (κ1) is 16.7. The number of benzene rings is 1. The molecule has 0 saturated heterocycles. The van der Waals surface area contributed by atoms with E-state index in [4.69, 9.17) is 11.6 Å². The highest BCUT2D eigenvalue weighted by Crippen LogP contribution is 2.36. The van der Waals surface area contributed by atoms with Crippen LogP contribution in [0, 0.1) is 11.8 Å². The summed E-state index contributed by atoms with van der Waals surface area (Å²) >= 11 is 6.16. The smallest absolute Gasteiger partial charge is 0.240 e. The minimum atomic E-state index is -3.48. The Hall–Kier alpha value is -0.620. The monoisotopic (exact) mass is 330 g/mol. The van der Waals surface area contributed by atoms with Crippen molar-refractivity contribution in [1.82, 2.24) is 10.0 Å². The molecule has 1 atom stereocenters. The Bertz CT molecular complexity index is 585. The summed E-state index contributed by atoms with van der Waals surface area (Å²) in [4.78, 5) is 0.232. The van der Waals surface area contributed by atoms with Crippen LogP contribution in [-0.4, -0.2) is 21.5 Å². The first-order valence-corrected chi connectivity index (χ1v) is 9.29. The average Bonchev–Trinajstić information content (AvgIpc) is 3.28. The molecule has 6 heteroatoms. The van der Waals surface area contributed by atoms with Gasteiger partial charge in [-0.1, -0.05) is 31.5 Å². The van der Waals surface area contributed by atoms with Crippen LogP contribution in [0.15, 0.2) is 23.1 Å². The molecule has 118 valence electrons. The molecule has 0 aromatic heterocycles. The molecule has 1 aromatic rings. The van der Waals surface area contributed by atoms with Gasteiger partial charge in [-0.05, 0) is 48.9 Å². The van der Waals surface area contributed by atoms with Crippen molar-refractivity contribution in [2.75, 3.05) is 13.1 Å². The molecule has 21 heavy (non-hydrogen) atoms. The Kier molecular flexibility index (Phi) is 5.66. The summed E-state index contributed by atoms with van der Waals surface area (Å²) in [6, 6.07) is 4.91. The van der Waals surface area contributed by atoms with Gasteiger partial charge in [0.25, 0.3) is 0 Å². The van der Waals surface area contributed by atoms with Gasteiger partial charge in [0.1, 0.15) is 0 Å². The van der Waals surface area contributed by atoms with Gasteiger partial charge in [0.05, 0.1) is 4.90 Å². The number of nitrogens with one attached hydrogen (secondary N) is 2. The largest absolute Gasteiger partial charge is 0.313 e. The van der Waals surface area contributed by atoms with Gasteiger partial charge in [-0.3, -0.25) is 0 Å². The van der Waals surface area contributed by atoms with E-state index in [2.05, 4.69) is 17.0 Å². The van der Waals surface area contributed by atoms with Crippen LogP contribution >= 0.6 is 11.6 Å². The molecule has 2 rings (SSSR count). The fraction of sp³-hybridized carbons (Fsp3) is 0.600. The standard InChI is InChI=1S/C15H23ClN2O2S/c1-3-17-10-13-6-7-14(8-15(13)16)21(19,20)18-9-11(2)12-4-5-12/h6-8,11-12,17-18H,3-5,9-10H2,1-2H3. The quantitative estimate of drug-likeness (QED) is 0.770. The number of rotatable bonds is 8. The number of hydrogen-bond donors (Lipinski definition) is 2. The minimum Gasteiger partial charge on any atom is -0.313 e. The van der Waals surface area contributed by atoms with Gasteiger partial charge in [-0.2, -0.15) is 0 Å². The topological polar surface area (TPSA) is 58.2 Å². The maximum absolute atomic E-state index is 12.3. The summed E-state index contributed by atoms with van der Waals surface area (Å²) in [5.74, 6) is 1.07. The first-order valence-electron chi connectivity index (χ1n) is 7.43. The van der Waals surface area contributed by atoms with E-state index < -0.39 is 10.0 Å². The van der Waals surface area contributed by atoms with E-state index in [1.54, 1.807) is 12.1 Å². The molecule has 2 N–H and O–H groups in total. The van der Waals surface area contributed by atoms with Crippen molar-refractivity contribution >= 4 is 21.6 Å². The first-order chi connectivity index (χ1) is 9.94. The van der Waals surface area contributed by atoms with Crippen LogP contribution in [0.25, 0.3) is 0 Å². The summed E-state index contributed by atoms with van der Waals surface area (Å²) in [6.45, 7) is 6.08. The lowest BCUT2D eigenvalue weighted by Crippen LogP contribution is -2.29. The molecule has 1 fully saturated rings. The van der Waals surface area contributed by atoms with Crippen LogP contribution in [0.5, 0.6) is 0 Å². The SMILES string of the molecule is CCNCc1ccc(S(=O)(=O)NCC(C)C2CC2)cc1Cl. The molecular formula is C15H23ClN2O2S. The third-order valence-corrected chi connectivity index (χ3v) is 5.70. The lowest BCUT2D eigenvalue weighted by molar-refractivity contribution is 0.492. The maximum Gasteiger partial charge on any atom is 0.240 e. The molecule has 0 bridgehead atoms. The van der Waals surface area contributed by atoms with Crippen molar-refractivity contribution in [1.29, 1.82) is 0 Å². The molecule has 1 aliphatic carbocycles. The summed E-state index contributed by atoms with van der Waals surface area (Å²) in [5, 5.41) is 3.65. The molecular weight excluding hydrogens is 308 g/mol. The highest BCUT2D eigenvalue weighted by molar-refractivity contribution is 7.89. The number of halogens is 1. The van der Waals surface area contributed by atoms with Crippen LogP contribution in [-0.2, 0) is 16.6 Å². The van der Waals surface area contributed by atoms with Crippen molar-refractivity contribution in [3.05, 3.63) is 28.8 Å². The second kappa shape index (κ2) is 7.09. The fourth-order valence-corrected chi connectivity index (χ4v) is 3.74. The molecule has 4 nitrogen and oxygen atoms in total. The van der Waals surface area contributed by atoms with Crippen molar-refractivity contribution < 1.29 is 8.42 Å².